The van der Waals surface area contributed by atoms with Gasteiger partial charge in [-0.3, -0.25) is 4.52 Å². The van der Waals surface area contributed by atoms with Gasteiger partial charge in [0.05, 0.1) is 12.5 Å². The Morgan fingerprint density at radius 2 is 2.33 bits per heavy atom. The van der Waals surface area contributed by atoms with E-state index in [1.807, 2.05) is 0 Å². The molecular formula is C4H9ClFO4PS. The van der Waals surface area contributed by atoms with Gasteiger partial charge in [-0.15, -0.1) is 16.3 Å². The van der Waals surface area contributed by atoms with Gasteiger partial charge in [-0.1, -0.05) is 0 Å². The average Bonchev–Trinajstić information content (AvgIpc) is 2.00. The highest BCUT2D eigenvalue weighted by Gasteiger charge is 2.21. The van der Waals surface area contributed by atoms with Crippen molar-refractivity contribution < 1.29 is 23.4 Å². The average molecular weight is 239 g/mol. The summed E-state index contributed by atoms with van der Waals surface area (Å²) in [6.07, 6.45) is -1.84. The van der Waals surface area contributed by atoms with Crippen molar-refractivity contribution in [2.45, 2.75) is 13.3 Å². The molecule has 0 aromatic rings. The van der Waals surface area contributed by atoms with Crippen molar-refractivity contribution >= 4 is 30.1 Å². The van der Waals surface area contributed by atoms with E-state index in [0.717, 1.165) is 0 Å². The topological polar surface area (TPSA) is 47.9 Å². The van der Waals surface area contributed by atoms with Crippen LogP contribution in [0.4, 0.5) is 4.39 Å². The third kappa shape index (κ3) is 6.25. The minimum absolute atomic E-state index is 0.181. The van der Waals surface area contributed by atoms with Crippen LogP contribution in [0.1, 0.15) is 6.92 Å². The van der Waals surface area contributed by atoms with Crippen molar-refractivity contribution in [2.75, 3.05) is 12.5 Å². The summed E-state index contributed by atoms with van der Waals surface area (Å²) in [5.41, 5.74) is 0. The van der Waals surface area contributed by atoms with Gasteiger partial charge in [-0.25, -0.2) is 9.28 Å². The minimum atomic E-state index is -3.63. The Morgan fingerprint density at radius 3 is 2.75 bits per heavy atom. The molecule has 0 amide bonds. The van der Waals surface area contributed by atoms with Crippen LogP contribution < -0.4 is 0 Å². The molecule has 74 valence electrons. The minimum Gasteiger partial charge on any atom is -0.323 e. The highest BCUT2D eigenvalue weighted by atomic mass is 35.5. The van der Waals surface area contributed by atoms with Crippen LogP contribution in [0.5, 0.6) is 0 Å². The molecule has 0 aromatic heterocycles. The lowest BCUT2D eigenvalue weighted by Crippen LogP contribution is -2.07. The lowest BCUT2D eigenvalue weighted by Gasteiger charge is -2.14. The second-order valence-electron chi connectivity index (χ2n) is 1.62. The summed E-state index contributed by atoms with van der Waals surface area (Å²) in [5.74, 6) is -0.422. The molecule has 12 heavy (non-hydrogen) atoms. The van der Waals surface area contributed by atoms with Crippen LogP contribution in [0.3, 0.4) is 0 Å². The first kappa shape index (κ1) is 12.7. The van der Waals surface area contributed by atoms with Crippen molar-refractivity contribution in [1.82, 2.24) is 0 Å². The van der Waals surface area contributed by atoms with Crippen LogP contribution >= 0.6 is 18.3 Å². The van der Waals surface area contributed by atoms with Crippen LogP contribution in [0.2, 0.25) is 0 Å². The van der Waals surface area contributed by atoms with Crippen molar-refractivity contribution in [1.29, 1.82) is 0 Å². The lowest BCUT2D eigenvalue weighted by atomic mass is 10.8. The highest BCUT2D eigenvalue weighted by Crippen LogP contribution is 2.45. The van der Waals surface area contributed by atoms with Crippen LogP contribution in [-0.4, -0.2) is 23.7 Å². The molecule has 0 aliphatic heterocycles. The zero-order valence-corrected chi connectivity index (χ0v) is 8.74. The fourth-order valence-corrected chi connectivity index (χ4v) is 1.51. The molecule has 0 bridgehead atoms. The summed E-state index contributed by atoms with van der Waals surface area (Å²) < 4.78 is 20.8. The van der Waals surface area contributed by atoms with Crippen molar-refractivity contribution in [2.24, 2.45) is 0 Å². The van der Waals surface area contributed by atoms with Gasteiger partial charge in [0, 0.05) is 0 Å². The van der Waals surface area contributed by atoms with E-state index in [9.17, 15) is 4.39 Å². The maximum atomic E-state index is 12.4. The van der Waals surface area contributed by atoms with Gasteiger partial charge < -0.3 is 4.89 Å². The first-order valence-electron chi connectivity index (χ1n) is 3.04. The number of halogens is 2. The number of hydrogen-bond donors (Lipinski definition) is 1. The van der Waals surface area contributed by atoms with E-state index in [1.165, 1.54) is 0 Å². The smallest absolute Gasteiger partial charge is 0.323 e. The standard InChI is InChI=1S/C4H9ClFO4PS/c1-2-8-10-11(7,12)9-4(6)3-5/h4H,2-3H2,1H3,(H,7,12). The third-order valence-corrected chi connectivity index (χ3v) is 2.11. The molecule has 2 atom stereocenters. The second kappa shape index (κ2) is 6.21. The Morgan fingerprint density at radius 1 is 1.75 bits per heavy atom. The summed E-state index contributed by atoms with van der Waals surface area (Å²) in [6, 6.07) is 0. The van der Waals surface area contributed by atoms with Gasteiger partial charge in [-0.05, 0) is 18.7 Å². The summed E-state index contributed by atoms with van der Waals surface area (Å²) in [7, 11) is 0. The molecule has 0 aromatic carbocycles. The molecule has 1 N–H and O–H groups in total. The Kier molecular flexibility index (Phi) is 6.57. The number of alkyl halides is 2. The van der Waals surface area contributed by atoms with Gasteiger partial charge in [-0.2, -0.15) is 0 Å². The van der Waals surface area contributed by atoms with Gasteiger partial charge in [0.1, 0.15) is 0 Å². The molecule has 0 spiro atoms. The molecule has 0 aliphatic carbocycles. The molecule has 2 unspecified atom stereocenters. The van der Waals surface area contributed by atoms with Crippen molar-refractivity contribution in [3.05, 3.63) is 0 Å². The quantitative estimate of drug-likeness (QED) is 0.330. The molecular weight excluding hydrogens is 230 g/mol. The lowest BCUT2D eigenvalue weighted by molar-refractivity contribution is -0.215. The van der Waals surface area contributed by atoms with Crippen molar-refractivity contribution in [3.63, 3.8) is 0 Å². The maximum absolute atomic E-state index is 12.4. The predicted molar refractivity (Wildman–Crippen MR) is 45.9 cm³/mol. The molecule has 8 heteroatoms. The van der Waals surface area contributed by atoms with Gasteiger partial charge in [0.25, 0.3) is 0 Å². The molecule has 0 fully saturated rings. The van der Waals surface area contributed by atoms with Crippen LogP contribution in [0.15, 0.2) is 0 Å². The molecule has 0 saturated heterocycles. The molecule has 0 radical (unpaired) electrons. The fourth-order valence-electron chi connectivity index (χ4n) is 0.310. The Bertz CT molecular complexity index is 171. The van der Waals surface area contributed by atoms with Crippen LogP contribution in [0.25, 0.3) is 0 Å². The summed E-state index contributed by atoms with van der Waals surface area (Å²) in [5, 5.41) is 0. The summed E-state index contributed by atoms with van der Waals surface area (Å²) in [4.78, 5) is 13.3. The first-order valence-corrected chi connectivity index (χ1v) is 6.17. The Hall–Kier alpha value is 0.710. The van der Waals surface area contributed by atoms with Crippen molar-refractivity contribution in [3.8, 4) is 0 Å². The fraction of sp³-hybridized carbons (Fsp3) is 1.00. The zero-order chi connectivity index (χ0) is 9.61. The predicted octanol–water partition coefficient (Wildman–Crippen LogP) is 1.72. The molecule has 4 nitrogen and oxygen atoms in total. The summed E-state index contributed by atoms with van der Waals surface area (Å²) in [6.45, 7) is -1.83. The van der Waals surface area contributed by atoms with E-state index in [1.54, 1.807) is 6.92 Å². The van der Waals surface area contributed by atoms with E-state index in [0.29, 0.717) is 0 Å². The van der Waals surface area contributed by atoms with Gasteiger partial charge in [0.2, 0.25) is 6.36 Å². The largest absolute Gasteiger partial charge is 0.355 e. The van der Waals surface area contributed by atoms with Gasteiger partial charge >= 0.3 is 6.72 Å². The third-order valence-electron chi connectivity index (χ3n) is 0.634. The van der Waals surface area contributed by atoms with Crippen LogP contribution in [0, 0.1) is 0 Å². The molecule has 0 saturated carbocycles. The van der Waals surface area contributed by atoms with Crippen LogP contribution in [-0.2, 0) is 25.9 Å². The molecule has 0 aliphatic rings. The Balaban J connectivity index is 3.78. The SMILES string of the molecule is CCOOP(O)(=S)OC(F)CCl. The molecule has 0 heterocycles. The number of hydrogen-bond acceptors (Lipinski definition) is 4. The van der Waals surface area contributed by atoms with E-state index in [-0.39, 0.29) is 6.61 Å². The Labute approximate surface area is 79.7 Å². The number of rotatable bonds is 6. The first-order chi connectivity index (χ1) is 5.52. The van der Waals surface area contributed by atoms with E-state index in [2.05, 4.69) is 25.9 Å². The van der Waals surface area contributed by atoms with E-state index >= 15 is 0 Å². The van der Waals surface area contributed by atoms with Gasteiger partial charge in [0.15, 0.2) is 0 Å². The van der Waals surface area contributed by atoms with E-state index < -0.39 is 19.0 Å². The monoisotopic (exact) mass is 238 g/mol. The molecule has 0 rings (SSSR count). The highest BCUT2D eigenvalue weighted by molar-refractivity contribution is 8.07. The maximum Gasteiger partial charge on any atom is 0.355 e. The summed E-state index contributed by atoms with van der Waals surface area (Å²) >= 11 is 9.41. The zero-order valence-electron chi connectivity index (χ0n) is 6.27. The normalized spacial score (nSPS) is 18.7. The van der Waals surface area contributed by atoms with E-state index in [4.69, 9.17) is 16.5 Å². The second-order valence-corrected chi connectivity index (χ2v) is 4.61.